The van der Waals surface area contributed by atoms with Crippen molar-refractivity contribution in [2.24, 2.45) is 5.92 Å². The van der Waals surface area contributed by atoms with E-state index < -0.39 is 23.5 Å². The molecule has 0 bridgehead atoms. The van der Waals surface area contributed by atoms with E-state index >= 15 is 0 Å². The number of hydrogen-bond acceptors (Lipinski definition) is 6. The Kier molecular flexibility index (Phi) is 8.54. The van der Waals surface area contributed by atoms with Gasteiger partial charge in [0.1, 0.15) is 5.75 Å². The SMILES string of the molecule is CCOc1ccc(C2C(=C([O-])c3ccc(OCC(C)C)cc3C)C(=O)C(=O)N2Cc2ccc[nH+]c2)cc1OC. The molecule has 1 amide bonds. The van der Waals surface area contributed by atoms with Crippen LogP contribution in [0.4, 0.5) is 0 Å². The second-order valence-electron chi connectivity index (χ2n) is 9.84. The Hall–Kier alpha value is -4.33. The summed E-state index contributed by atoms with van der Waals surface area (Å²) in [4.78, 5) is 31.2. The monoisotopic (exact) mass is 530 g/mol. The van der Waals surface area contributed by atoms with Crippen molar-refractivity contribution in [1.82, 2.24) is 4.90 Å². The molecule has 1 unspecified atom stereocenters. The van der Waals surface area contributed by atoms with Gasteiger partial charge in [-0.05, 0) is 66.8 Å². The molecule has 1 atom stereocenters. The highest BCUT2D eigenvalue weighted by atomic mass is 16.5. The van der Waals surface area contributed by atoms with Crippen molar-refractivity contribution in [3.05, 3.63) is 88.8 Å². The van der Waals surface area contributed by atoms with Crippen LogP contribution in [0.1, 0.15) is 49.1 Å². The largest absolute Gasteiger partial charge is 0.872 e. The lowest BCUT2D eigenvalue weighted by Gasteiger charge is -2.28. The van der Waals surface area contributed by atoms with E-state index in [1.807, 2.05) is 19.1 Å². The fraction of sp³-hybridized carbons (Fsp3) is 0.323. The summed E-state index contributed by atoms with van der Waals surface area (Å²) in [6, 6.07) is 13.1. The molecule has 2 heterocycles. The van der Waals surface area contributed by atoms with E-state index in [4.69, 9.17) is 14.2 Å². The number of rotatable bonds is 10. The molecule has 3 aromatic rings. The third-order valence-corrected chi connectivity index (χ3v) is 6.48. The van der Waals surface area contributed by atoms with Gasteiger partial charge in [-0.15, -0.1) is 0 Å². The van der Waals surface area contributed by atoms with Crippen molar-refractivity contribution in [2.75, 3.05) is 20.3 Å². The minimum atomic E-state index is -0.904. The number of pyridine rings is 1. The van der Waals surface area contributed by atoms with Gasteiger partial charge in [0, 0.05) is 17.2 Å². The van der Waals surface area contributed by atoms with Gasteiger partial charge in [0.15, 0.2) is 23.9 Å². The normalized spacial score (nSPS) is 16.6. The Bertz CT molecular complexity index is 1380. The van der Waals surface area contributed by atoms with Crippen LogP contribution in [-0.4, -0.2) is 36.9 Å². The second kappa shape index (κ2) is 12.0. The van der Waals surface area contributed by atoms with E-state index in [-0.39, 0.29) is 12.1 Å². The molecule has 1 N–H and O–H groups in total. The van der Waals surface area contributed by atoms with Gasteiger partial charge >= 0.3 is 0 Å². The molecule has 1 aromatic heterocycles. The third kappa shape index (κ3) is 5.90. The van der Waals surface area contributed by atoms with Crippen LogP contribution >= 0.6 is 0 Å². The van der Waals surface area contributed by atoms with Crippen molar-refractivity contribution in [3.63, 3.8) is 0 Å². The Morgan fingerprint density at radius 2 is 1.87 bits per heavy atom. The minimum Gasteiger partial charge on any atom is -0.872 e. The first kappa shape index (κ1) is 27.7. The lowest BCUT2D eigenvalue weighted by Crippen LogP contribution is -2.29. The van der Waals surface area contributed by atoms with E-state index in [0.717, 1.165) is 5.56 Å². The predicted molar refractivity (Wildman–Crippen MR) is 144 cm³/mol. The molecule has 0 saturated carbocycles. The van der Waals surface area contributed by atoms with E-state index in [9.17, 15) is 14.7 Å². The van der Waals surface area contributed by atoms with Gasteiger partial charge in [-0.1, -0.05) is 31.7 Å². The number of Topliss-reactive ketones (excluding diaryl/α,β-unsaturated/α-hetero) is 1. The van der Waals surface area contributed by atoms with Gasteiger partial charge in [-0.2, -0.15) is 0 Å². The van der Waals surface area contributed by atoms with Crippen molar-refractivity contribution in [2.45, 2.75) is 40.3 Å². The Morgan fingerprint density at radius 3 is 2.51 bits per heavy atom. The lowest BCUT2D eigenvalue weighted by molar-refractivity contribution is -0.378. The summed E-state index contributed by atoms with van der Waals surface area (Å²) < 4.78 is 17.0. The zero-order valence-corrected chi connectivity index (χ0v) is 22.9. The zero-order chi connectivity index (χ0) is 28.1. The van der Waals surface area contributed by atoms with E-state index in [2.05, 4.69) is 18.8 Å². The number of ether oxygens (including phenoxy) is 3. The standard InChI is InChI=1S/C31H34N2O6/c1-6-38-25-12-9-22(15-26(25)37-5)28-27(30(35)31(36)33(28)17-21-8-7-13-32-16-21)29(34)24-11-10-23(14-20(24)4)39-18-19(2)3/h7-16,19,28,34H,6,17-18H2,1-5H3. The number of carbonyl (C=O) groups excluding carboxylic acids is 2. The number of amides is 1. The second-order valence-corrected chi connectivity index (χ2v) is 9.84. The highest BCUT2D eigenvalue weighted by Gasteiger charge is 2.44. The molecule has 4 rings (SSSR count). The molecule has 204 valence electrons. The van der Waals surface area contributed by atoms with Crippen LogP contribution < -0.4 is 24.3 Å². The fourth-order valence-electron chi connectivity index (χ4n) is 4.62. The Labute approximate surface area is 228 Å². The summed E-state index contributed by atoms with van der Waals surface area (Å²) in [5.74, 6) is -0.0445. The molecule has 0 radical (unpaired) electrons. The van der Waals surface area contributed by atoms with Crippen LogP contribution in [0.15, 0.2) is 66.5 Å². The van der Waals surface area contributed by atoms with E-state index in [1.165, 1.54) is 12.0 Å². The molecule has 1 saturated heterocycles. The van der Waals surface area contributed by atoms with Crippen LogP contribution in [0.25, 0.3) is 5.76 Å². The van der Waals surface area contributed by atoms with Crippen molar-refractivity contribution in [1.29, 1.82) is 0 Å². The van der Waals surface area contributed by atoms with Gasteiger partial charge in [0.2, 0.25) is 5.78 Å². The topological polar surface area (TPSA) is 102 Å². The highest BCUT2D eigenvalue weighted by molar-refractivity contribution is 6.46. The molecular weight excluding hydrogens is 496 g/mol. The number of H-pyrrole nitrogens is 1. The quantitative estimate of drug-likeness (QED) is 0.225. The van der Waals surface area contributed by atoms with Crippen LogP contribution in [0.5, 0.6) is 17.2 Å². The predicted octanol–water partition coefficient (Wildman–Crippen LogP) is 3.68. The average molecular weight is 531 g/mol. The molecule has 2 aromatic carbocycles. The smallest absolute Gasteiger partial charge is 0.295 e. The number of nitrogens with zero attached hydrogens (tertiary/aromatic N) is 1. The summed E-state index contributed by atoms with van der Waals surface area (Å²) in [5, 5.41) is 14.0. The van der Waals surface area contributed by atoms with Crippen LogP contribution in [-0.2, 0) is 16.1 Å². The van der Waals surface area contributed by atoms with Crippen LogP contribution in [0.3, 0.4) is 0 Å². The number of ketones is 1. The maximum Gasteiger partial charge on any atom is 0.295 e. The maximum absolute atomic E-state index is 14.0. The summed E-state index contributed by atoms with van der Waals surface area (Å²) in [6.45, 7) is 8.90. The Balaban J connectivity index is 1.84. The van der Waals surface area contributed by atoms with Gasteiger partial charge < -0.3 is 24.2 Å². The number of aryl methyl sites for hydroxylation is 1. The van der Waals surface area contributed by atoms with E-state index in [0.29, 0.717) is 53.1 Å². The van der Waals surface area contributed by atoms with Gasteiger partial charge in [-0.25, -0.2) is 4.98 Å². The first-order chi connectivity index (χ1) is 18.7. The third-order valence-electron chi connectivity index (χ3n) is 6.48. The van der Waals surface area contributed by atoms with Crippen molar-refractivity contribution in [3.8, 4) is 17.2 Å². The van der Waals surface area contributed by atoms with Crippen LogP contribution in [0.2, 0.25) is 0 Å². The summed E-state index contributed by atoms with van der Waals surface area (Å²) in [7, 11) is 1.52. The number of aromatic amines is 1. The Morgan fingerprint density at radius 1 is 1.08 bits per heavy atom. The molecule has 8 nitrogen and oxygen atoms in total. The maximum atomic E-state index is 14.0. The summed E-state index contributed by atoms with van der Waals surface area (Å²) in [5.41, 5.74) is 2.28. The first-order valence-electron chi connectivity index (χ1n) is 13.0. The molecule has 39 heavy (non-hydrogen) atoms. The van der Waals surface area contributed by atoms with Gasteiger partial charge in [-0.3, -0.25) is 9.59 Å². The molecule has 8 heteroatoms. The van der Waals surface area contributed by atoms with Crippen molar-refractivity contribution < 1.29 is 33.9 Å². The molecule has 0 spiro atoms. The number of carbonyl (C=O) groups is 2. The number of likely N-dealkylation sites (tertiary alicyclic amines) is 1. The van der Waals surface area contributed by atoms with Crippen LogP contribution in [0, 0.1) is 12.8 Å². The first-order valence-corrected chi connectivity index (χ1v) is 13.0. The van der Waals surface area contributed by atoms with Gasteiger partial charge in [0.05, 0.1) is 32.9 Å². The molecule has 1 aliphatic heterocycles. The highest BCUT2D eigenvalue weighted by Crippen LogP contribution is 2.42. The zero-order valence-electron chi connectivity index (χ0n) is 22.9. The fourth-order valence-corrected chi connectivity index (χ4v) is 4.62. The lowest BCUT2D eigenvalue weighted by atomic mass is 9.93. The number of benzene rings is 2. The summed E-state index contributed by atoms with van der Waals surface area (Å²) in [6.07, 6.45) is 3.51. The minimum absolute atomic E-state index is 0.0925. The average Bonchev–Trinajstić information content (AvgIpc) is 3.17. The molecular formula is C31H34N2O6. The number of nitrogens with one attached hydrogen (secondary N) is 1. The molecule has 0 aliphatic carbocycles. The molecule has 1 fully saturated rings. The number of methoxy groups -OCH3 is 1. The number of hydrogen-bond donors (Lipinski definition) is 0. The summed E-state index contributed by atoms with van der Waals surface area (Å²) >= 11 is 0. The van der Waals surface area contributed by atoms with Crippen molar-refractivity contribution >= 4 is 17.4 Å². The number of aromatic nitrogens is 1. The van der Waals surface area contributed by atoms with Gasteiger partial charge in [0.25, 0.3) is 5.91 Å². The molecule has 1 aliphatic rings. The van der Waals surface area contributed by atoms with E-state index in [1.54, 1.807) is 55.7 Å².